The molecule has 0 saturated carbocycles. The molecule has 4 rings (SSSR count). The minimum absolute atomic E-state index is 0.0130. The van der Waals surface area contributed by atoms with E-state index in [9.17, 15) is 14.9 Å². The van der Waals surface area contributed by atoms with E-state index in [1.807, 2.05) is 36.4 Å². The van der Waals surface area contributed by atoms with Crippen molar-refractivity contribution in [1.29, 1.82) is 0 Å². The van der Waals surface area contributed by atoms with E-state index in [0.29, 0.717) is 6.54 Å². The molecule has 1 aliphatic rings. The van der Waals surface area contributed by atoms with Gasteiger partial charge in [0.15, 0.2) is 6.54 Å². The first-order valence-electron chi connectivity index (χ1n) is 9.70. The van der Waals surface area contributed by atoms with Crippen LogP contribution in [0, 0.1) is 10.1 Å². The molecule has 0 radical (unpaired) electrons. The first-order chi connectivity index (χ1) is 14.1. The summed E-state index contributed by atoms with van der Waals surface area (Å²) in [6.45, 7) is 3.76. The molecule has 3 aromatic carbocycles. The topological polar surface area (TPSA) is 79.9 Å². The number of nitro groups is 1. The summed E-state index contributed by atoms with van der Waals surface area (Å²) < 4.78 is 0. The summed E-state index contributed by atoms with van der Waals surface area (Å²) in [5.41, 5.74) is 1.90. The molecule has 148 valence electrons. The highest BCUT2D eigenvalue weighted by Gasteiger charge is 2.22. The van der Waals surface area contributed by atoms with Crippen LogP contribution in [0.5, 0.6) is 0 Å². The number of anilines is 2. The quantitative estimate of drug-likeness (QED) is 0.516. The molecule has 0 aromatic heterocycles. The number of non-ortho nitro benzene ring substituents is 1. The number of fused-ring (bicyclic) bond motifs is 1. The highest BCUT2D eigenvalue weighted by atomic mass is 16.6. The molecule has 7 nitrogen and oxygen atoms in total. The number of hydrogen-bond acceptors (Lipinski definition) is 4. The van der Waals surface area contributed by atoms with Crippen molar-refractivity contribution in [2.24, 2.45) is 0 Å². The summed E-state index contributed by atoms with van der Waals surface area (Å²) in [5, 5.41) is 16.0. The van der Waals surface area contributed by atoms with Crippen molar-refractivity contribution >= 4 is 33.7 Å². The molecule has 1 aliphatic heterocycles. The number of nitrogens with one attached hydrogen (secondary N) is 2. The number of nitrogens with zero attached hydrogens (tertiary/aromatic N) is 2. The summed E-state index contributed by atoms with van der Waals surface area (Å²) in [6, 6.07) is 20.7. The van der Waals surface area contributed by atoms with Crippen LogP contribution < -0.4 is 15.1 Å². The maximum Gasteiger partial charge on any atom is 0.279 e. The van der Waals surface area contributed by atoms with Crippen molar-refractivity contribution in [2.45, 2.75) is 0 Å². The second-order valence-corrected chi connectivity index (χ2v) is 7.30. The Morgan fingerprint density at radius 3 is 2.38 bits per heavy atom. The molecule has 0 aliphatic carbocycles. The SMILES string of the molecule is O=C(C[NH+]1CCN(c2ccc([N+](=O)[O-])cc2)CC1)Nc1ccc2ccccc2c1. The van der Waals surface area contributed by atoms with Gasteiger partial charge in [-0.15, -0.1) is 0 Å². The normalized spacial score (nSPS) is 14.7. The number of rotatable bonds is 5. The Balaban J connectivity index is 1.29. The van der Waals surface area contributed by atoms with Gasteiger partial charge in [-0.3, -0.25) is 14.9 Å². The number of hydrogen-bond donors (Lipinski definition) is 2. The predicted octanol–water partition coefficient (Wildman–Crippen LogP) is 2.09. The summed E-state index contributed by atoms with van der Waals surface area (Å²) >= 11 is 0. The monoisotopic (exact) mass is 391 g/mol. The predicted molar refractivity (Wildman–Crippen MR) is 113 cm³/mol. The van der Waals surface area contributed by atoms with E-state index in [1.54, 1.807) is 12.1 Å². The van der Waals surface area contributed by atoms with Gasteiger partial charge in [-0.2, -0.15) is 0 Å². The fourth-order valence-corrected chi connectivity index (χ4v) is 3.74. The van der Waals surface area contributed by atoms with Crippen molar-refractivity contribution in [3.05, 3.63) is 76.8 Å². The van der Waals surface area contributed by atoms with E-state index >= 15 is 0 Å². The zero-order chi connectivity index (χ0) is 20.2. The second-order valence-electron chi connectivity index (χ2n) is 7.30. The van der Waals surface area contributed by atoms with Crippen molar-refractivity contribution in [3.8, 4) is 0 Å². The Kier molecular flexibility index (Phi) is 5.39. The standard InChI is InChI=1S/C22H22N4O3/c27-22(23-19-6-5-17-3-1-2-4-18(17)15-19)16-24-11-13-25(14-12-24)20-7-9-21(10-8-20)26(28)29/h1-10,15H,11-14,16H2,(H,23,27)/p+1. The third kappa shape index (κ3) is 4.52. The molecule has 0 spiro atoms. The Morgan fingerprint density at radius 1 is 1.00 bits per heavy atom. The first-order valence-corrected chi connectivity index (χ1v) is 9.70. The fourth-order valence-electron chi connectivity index (χ4n) is 3.74. The van der Waals surface area contributed by atoms with Gasteiger partial charge in [0.25, 0.3) is 11.6 Å². The molecule has 2 N–H and O–H groups in total. The zero-order valence-electron chi connectivity index (χ0n) is 16.0. The van der Waals surface area contributed by atoms with E-state index in [4.69, 9.17) is 0 Å². The fraction of sp³-hybridized carbons (Fsp3) is 0.227. The maximum atomic E-state index is 12.5. The number of piperazine rings is 1. The first kappa shape index (κ1) is 18.9. The van der Waals surface area contributed by atoms with Gasteiger partial charge >= 0.3 is 0 Å². The number of benzene rings is 3. The van der Waals surface area contributed by atoms with Crippen LogP contribution in [-0.2, 0) is 4.79 Å². The van der Waals surface area contributed by atoms with Gasteiger partial charge in [-0.25, -0.2) is 0 Å². The van der Waals surface area contributed by atoms with Crippen LogP contribution in [0.15, 0.2) is 66.7 Å². The van der Waals surface area contributed by atoms with Gasteiger partial charge < -0.3 is 15.1 Å². The molecule has 3 aromatic rings. The number of carbonyl (C=O) groups is 1. The van der Waals surface area contributed by atoms with E-state index in [-0.39, 0.29) is 16.5 Å². The second kappa shape index (κ2) is 8.28. The smallest absolute Gasteiger partial charge is 0.279 e. The molecule has 1 amide bonds. The van der Waals surface area contributed by atoms with Crippen LogP contribution in [0.25, 0.3) is 10.8 Å². The molecule has 1 saturated heterocycles. The molecular weight excluding hydrogens is 368 g/mol. The lowest BCUT2D eigenvalue weighted by molar-refractivity contribution is -0.892. The third-order valence-electron chi connectivity index (χ3n) is 5.34. The lowest BCUT2D eigenvalue weighted by atomic mass is 10.1. The van der Waals surface area contributed by atoms with Crippen LogP contribution in [0.3, 0.4) is 0 Å². The van der Waals surface area contributed by atoms with Gasteiger partial charge in [-0.05, 0) is 35.0 Å². The number of amides is 1. The average Bonchev–Trinajstić information content (AvgIpc) is 2.74. The average molecular weight is 391 g/mol. The zero-order valence-corrected chi connectivity index (χ0v) is 16.0. The molecule has 0 unspecified atom stereocenters. The Hall–Kier alpha value is -3.45. The van der Waals surface area contributed by atoms with Crippen molar-refractivity contribution in [1.82, 2.24) is 0 Å². The molecule has 7 heteroatoms. The number of nitro benzene ring substituents is 1. The minimum atomic E-state index is -0.389. The maximum absolute atomic E-state index is 12.5. The summed E-state index contributed by atoms with van der Waals surface area (Å²) in [4.78, 5) is 26.3. The summed E-state index contributed by atoms with van der Waals surface area (Å²) in [7, 11) is 0. The molecule has 1 heterocycles. The number of carbonyl (C=O) groups excluding carboxylic acids is 1. The largest absolute Gasteiger partial charge is 0.360 e. The van der Waals surface area contributed by atoms with Crippen LogP contribution in [0.1, 0.15) is 0 Å². The molecular formula is C22H23N4O3+. The van der Waals surface area contributed by atoms with Crippen molar-refractivity contribution in [3.63, 3.8) is 0 Å². The highest BCUT2D eigenvalue weighted by Crippen LogP contribution is 2.20. The lowest BCUT2D eigenvalue weighted by Crippen LogP contribution is -3.15. The van der Waals surface area contributed by atoms with Gasteiger partial charge in [0.05, 0.1) is 31.1 Å². The van der Waals surface area contributed by atoms with Gasteiger partial charge in [0.2, 0.25) is 0 Å². The van der Waals surface area contributed by atoms with Crippen molar-refractivity contribution < 1.29 is 14.6 Å². The third-order valence-corrected chi connectivity index (χ3v) is 5.34. The molecule has 0 bridgehead atoms. The Labute approximate surface area is 168 Å². The molecule has 0 atom stereocenters. The van der Waals surface area contributed by atoms with Gasteiger partial charge in [-0.1, -0.05) is 30.3 Å². The van der Waals surface area contributed by atoms with Gasteiger partial charge in [0, 0.05) is 23.5 Å². The van der Waals surface area contributed by atoms with Crippen LogP contribution in [-0.4, -0.2) is 43.6 Å². The van der Waals surface area contributed by atoms with Crippen LogP contribution in [0.4, 0.5) is 17.1 Å². The van der Waals surface area contributed by atoms with Gasteiger partial charge in [0.1, 0.15) is 0 Å². The van der Waals surface area contributed by atoms with E-state index in [0.717, 1.165) is 48.3 Å². The summed E-state index contributed by atoms with van der Waals surface area (Å²) in [6.07, 6.45) is 0. The Morgan fingerprint density at radius 2 is 1.69 bits per heavy atom. The van der Waals surface area contributed by atoms with E-state index in [1.165, 1.54) is 17.0 Å². The van der Waals surface area contributed by atoms with Crippen molar-refractivity contribution in [2.75, 3.05) is 42.9 Å². The Bertz CT molecular complexity index is 1030. The lowest BCUT2D eigenvalue weighted by Gasteiger charge is -2.33. The van der Waals surface area contributed by atoms with Crippen LogP contribution in [0.2, 0.25) is 0 Å². The number of quaternary nitrogens is 1. The van der Waals surface area contributed by atoms with E-state index in [2.05, 4.69) is 16.3 Å². The highest BCUT2D eigenvalue weighted by molar-refractivity contribution is 5.94. The molecule has 29 heavy (non-hydrogen) atoms. The van der Waals surface area contributed by atoms with Crippen LogP contribution >= 0.6 is 0 Å². The molecule has 1 fully saturated rings. The minimum Gasteiger partial charge on any atom is -0.360 e. The summed E-state index contributed by atoms with van der Waals surface area (Å²) in [5.74, 6) is 0.0130. The van der Waals surface area contributed by atoms with E-state index < -0.39 is 0 Å².